The van der Waals surface area contributed by atoms with Crippen molar-refractivity contribution in [2.45, 2.75) is 0 Å². The summed E-state index contributed by atoms with van der Waals surface area (Å²) in [5, 5.41) is 3.09. The predicted octanol–water partition coefficient (Wildman–Crippen LogP) is 3.46. The summed E-state index contributed by atoms with van der Waals surface area (Å²) in [4.78, 5) is 12.3. The van der Waals surface area contributed by atoms with E-state index < -0.39 is 0 Å². The van der Waals surface area contributed by atoms with Gasteiger partial charge < -0.3 is 5.32 Å². The minimum absolute atomic E-state index is 0.131. The number of hydrogen-bond acceptors (Lipinski definition) is 3. The topological polar surface area (TPSA) is 29.1 Å². The van der Waals surface area contributed by atoms with Crippen LogP contribution in [-0.4, -0.2) is 10.2 Å². The molecule has 0 radical (unpaired) electrons. The van der Waals surface area contributed by atoms with Crippen LogP contribution < -0.4 is 5.32 Å². The van der Waals surface area contributed by atoms with E-state index in [1.165, 1.54) is 0 Å². The van der Waals surface area contributed by atoms with Gasteiger partial charge in [0.25, 0.3) is 5.24 Å². The molecule has 1 fully saturated rings. The number of thioether (sulfide) groups is 1. The Balaban J connectivity index is 2.31. The number of carbonyl (C=O) groups is 1. The Kier molecular flexibility index (Phi) is 3.09. The summed E-state index contributed by atoms with van der Waals surface area (Å²) in [5.74, 6) is 0. The number of carbonyl (C=O) groups excluding carboxylic acids is 1. The normalized spacial score (nSPS) is 18.3. The fourth-order valence-corrected chi connectivity index (χ4v) is 2.40. The Labute approximate surface area is 102 Å². The maximum atomic E-state index is 11.0. The highest BCUT2D eigenvalue weighted by Crippen LogP contribution is 2.27. The Morgan fingerprint density at radius 3 is 2.87 bits per heavy atom. The number of hydrogen-bond donors (Lipinski definition) is 1. The van der Waals surface area contributed by atoms with Gasteiger partial charge in [-0.1, -0.05) is 36.0 Å². The molecule has 2 nitrogen and oxygen atoms in total. The number of rotatable bonds is 1. The predicted molar refractivity (Wildman–Crippen MR) is 68.1 cm³/mol. The molecular formula is C10H6ClNOS2. The maximum Gasteiger partial charge on any atom is 0.289 e. The fraction of sp³-hybridized carbons (Fsp3) is 0. The van der Waals surface area contributed by atoms with Gasteiger partial charge in [0.05, 0.1) is 4.91 Å². The minimum Gasteiger partial charge on any atom is -0.307 e. The van der Waals surface area contributed by atoms with Crippen LogP contribution in [-0.2, 0) is 0 Å². The molecule has 1 saturated heterocycles. The fourth-order valence-electron chi connectivity index (χ4n) is 1.17. The Bertz CT molecular complexity index is 470. The number of thiocarbonyl (C=S) groups is 1. The first-order valence-corrected chi connectivity index (χ1v) is 5.76. The van der Waals surface area contributed by atoms with Gasteiger partial charge in [-0.2, -0.15) is 0 Å². The molecule has 5 heteroatoms. The lowest BCUT2D eigenvalue weighted by Gasteiger charge is -1.96. The smallest absolute Gasteiger partial charge is 0.289 e. The van der Waals surface area contributed by atoms with Crippen molar-refractivity contribution >= 4 is 51.9 Å². The highest BCUT2D eigenvalue weighted by Gasteiger charge is 2.21. The van der Waals surface area contributed by atoms with Crippen LogP contribution in [0, 0.1) is 0 Å². The van der Waals surface area contributed by atoms with Gasteiger partial charge in [0.15, 0.2) is 0 Å². The van der Waals surface area contributed by atoms with Gasteiger partial charge in [0.1, 0.15) is 4.99 Å². The Morgan fingerprint density at radius 1 is 1.47 bits per heavy atom. The summed E-state index contributed by atoms with van der Waals surface area (Å²) in [7, 11) is 0. The molecule has 1 aromatic rings. The Hall–Kier alpha value is -0.840. The quantitative estimate of drug-likeness (QED) is 0.616. The van der Waals surface area contributed by atoms with Gasteiger partial charge in [0, 0.05) is 5.02 Å². The second-order valence-electron chi connectivity index (χ2n) is 2.91. The van der Waals surface area contributed by atoms with Gasteiger partial charge in [-0.05, 0) is 35.5 Å². The molecule has 1 aliphatic heterocycles. The van der Waals surface area contributed by atoms with Crippen LogP contribution in [0.25, 0.3) is 6.08 Å². The average Bonchev–Trinajstić information content (AvgIpc) is 2.45. The SMILES string of the molecule is O=C1NC(=S)/C(=C/c2cccc(Cl)c2)S1. The van der Waals surface area contributed by atoms with Crippen LogP contribution in [0.5, 0.6) is 0 Å². The van der Waals surface area contributed by atoms with Gasteiger partial charge in [-0.15, -0.1) is 0 Å². The van der Waals surface area contributed by atoms with E-state index in [-0.39, 0.29) is 5.24 Å². The van der Waals surface area contributed by atoms with Crippen LogP contribution in [0.1, 0.15) is 5.56 Å². The van der Waals surface area contributed by atoms with Crippen molar-refractivity contribution in [2.75, 3.05) is 0 Å². The molecule has 1 amide bonds. The minimum atomic E-state index is -0.131. The van der Waals surface area contributed by atoms with Crippen molar-refractivity contribution in [2.24, 2.45) is 0 Å². The maximum absolute atomic E-state index is 11.0. The molecule has 0 spiro atoms. The van der Waals surface area contributed by atoms with Gasteiger partial charge >= 0.3 is 0 Å². The molecule has 1 aliphatic rings. The molecule has 1 N–H and O–H groups in total. The second-order valence-corrected chi connectivity index (χ2v) is 4.77. The molecule has 0 unspecified atom stereocenters. The third-order valence-electron chi connectivity index (χ3n) is 1.79. The summed E-state index contributed by atoms with van der Waals surface area (Å²) < 4.78 is 0. The lowest BCUT2D eigenvalue weighted by atomic mass is 10.2. The number of halogens is 1. The summed E-state index contributed by atoms with van der Waals surface area (Å²) in [6, 6.07) is 7.38. The van der Waals surface area contributed by atoms with Crippen molar-refractivity contribution in [3.63, 3.8) is 0 Å². The molecule has 2 rings (SSSR count). The number of benzene rings is 1. The van der Waals surface area contributed by atoms with E-state index in [1.54, 1.807) is 6.07 Å². The molecule has 15 heavy (non-hydrogen) atoms. The van der Waals surface area contributed by atoms with Gasteiger partial charge in [0.2, 0.25) is 0 Å². The first-order chi connectivity index (χ1) is 7.15. The lowest BCUT2D eigenvalue weighted by Crippen LogP contribution is -2.15. The first kappa shape index (κ1) is 10.7. The van der Waals surface area contributed by atoms with E-state index in [2.05, 4.69) is 5.32 Å². The molecule has 76 valence electrons. The van der Waals surface area contributed by atoms with E-state index in [9.17, 15) is 4.79 Å². The van der Waals surface area contributed by atoms with Gasteiger partial charge in [-0.25, -0.2) is 0 Å². The third kappa shape index (κ3) is 2.59. The van der Waals surface area contributed by atoms with Crippen molar-refractivity contribution in [1.82, 2.24) is 5.32 Å². The summed E-state index contributed by atoms with van der Waals surface area (Å²) in [6.45, 7) is 0. The van der Waals surface area contributed by atoms with Crippen LogP contribution in [0.2, 0.25) is 5.02 Å². The highest BCUT2D eigenvalue weighted by atomic mass is 35.5. The van der Waals surface area contributed by atoms with Crippen LogP contribution >= 0.6 is 35.6 Å². The van der Waals surface area contributed by atoms with E-state index in [0.29, 0.717) is 10.0 Å². The zero-order valence-corrected chi connectivity index (χ0v) is 9.88. The van der Waals surface area contributed by atoms with E-state index in [0.717, 1.165) is 22.2 Å². The standard InChI is InChI=1S/C10H6ClNOS2/c11-7-3-1-2-6(4-7)5-8-9(14)12-10(13)15-8/h1-5H,(H,12,13,14)/b8-5-. The summed E-state index contributed by atoms with van der Waals surface area (Å²) >= 11 is 11.9. The monoisotopic (exact) mass is 255 g/mol. The summed E-state index contributed by atoms with van der Waals surface area (Å²) in [5.41, 5.74) is 0.934. The van der Waals surface area contributed by atoms with Crippen LogP contribution in [0.4, 0.5) is 4.79 Å². The van der Waals surface area contributed by atoms with E-state index >= 15 is 0 Å². The molecule has 0 saturated carbocycles. The third-order valence-corrected chi connectivity index (χ3v) is 3.30. The molecule has 0 aliphatic carbocycles. The van der Waals surface area contributed by atoms with E-state index in [4.69, 9.17) is 23.8 Å². The summed E-state index contributed by atoms with van der Waals surface area (Å²) in [6.07, 6.45) is 1.84. The average molecular weight is 256 g/mol. The molecule has 1 heterocycles. The zero-order chi connectivity index (χ0) is 10.8. The number of nitrogens with one attached hydrogen (secondary N) is 1. The molecule has 0 aromatic heterocycles. The van der Waals surface area contributed by atoms with Crippen LogP contribution in [0.15, 0.2) is 29.2 Å². The Morgan fingerprint density at radius 2 is 2.27 bits per heavy atom. The first-order valence-electron chi connectivity index (χ1n) is 4.15. The lowest BCUT2D eigenvalue weighted by molar-refractivity contribution is 0.265. The van der Waals surface area contributed by atoms with Crippen molar-refractivity contribution in [1.29, 1.82) is 0 Å². The largest absolute Gasteiger partial charge is 0.307 e. The van der Waals surface area contributed by atoms with Crippen molar-refractivity contribution in [3.8, 4) is 0 Å². The molecule has 0 atom stereocenters. The van der Waals surface area contributed by atoms with Crippen molar-refractivity contribution in [3.05, 3.63) is 39.8 Å². The van der Waals surface area contributed by atoms with Crippen molar-refractivity contribution < 1.29 is 4.79 Å². The van der Waals surface area contributed by atoms with Gasteiger partial charge in [-0.3, -0.25) is 4.79 Å². The second kappa shape index (κ2) is 4.35. The molecule has 1 aromatic carbocycles. The van der Waals surface area contributed by atoms with E-state index in [1.807, 2.05) is 24.3 Å². The zero-order valence-electron chi connectivity index (χ0n) is 7.49. The molecular weight excluding hydrogens is 250 g/mol. The number of amides is 1. The van der Waals surface area contributed by atoms with Crippen LogP contribution in [0.3, 0.4) is 0 Å². The highest BCUT2D eigenvalue weighted by molar-refractivity contribution is 8.19. The molecule has 0 bridgehead atoms.